The Morgan fingerprint density at radius 1 is 1.00 bits per heavy atom. The lowest BCUT2D eigenvalue weighted by Crippen LogP contribution is -2.47. The predicted molar refractivity (Wildman–Crippen MR) is 174 cm³/mol. The lowest BCUT2D eigenvalue weighted by Gasteiger charge is -2.36. The summed E-state index contributed by atoms with van der Waals surface area (Å²) in [6, 6.07) is 5.54. The van der Waals surface area contributed by atoms with Gasteiger partial charge in [-0.15, -0.1) is 5.10 Å². The molecule has 2 aliphatic rings. The molecule has 0 spiro atoms. The van der Waals surface area contributed by atoms with Crippen LogP contribution in [0.5, 0.6) is 5.75 Å². The van der Waals surface area contributed by atoms with E-state index in [1.54, 1.807) is 23.7 Å². The van der Waals surface area contributed by atoms with Crippen molar-refractivity contribution in [3.63, 3.8) is 0 Å². The largest absolute Gasteiger partial charge is 0.481 e. The van der Waals surface area contributed by atoms with Gasteiger partial charge in [0.25, 0.3) is 5.91 Å². The fourth-order valence-corrected chi connectivity index (χ4v) is 6.20. The lowest BCUT2D eigenvalue weighted by molar-refractivity contribution is -0.123. The van der Waals surface area contributed by atoms with Crippen LogP contribution in [0.4, 0.5) is 20.4 Å². The van der Waals surface area contributed by atoms with Gasteiger partial charge in [-0.3, -0.25) is 23.7 Å². The van der Waals surface area contributed by atoms with E-state index in [1.165, 1.54) is 21.4 Å². The van der Waals surface area contributed by atoms with Crippen LogP contribution in [0.15, 0.2) is 39.7 Å². The first-order valence-corrected chi connectivity index (χ1v) is 16.1. The number of carbonyl (C=O) groups is 1. The molecule has 1 aromatic carbocycles. The molecule has 49 heavy (non-hydrogen) atoms. The number of halogens is 2. The monoisotopic (exact) mass is 681 g/mol. The number of carbonyl (C=O) groups excluding carboxylic acids is 1. The topological polar surface area (TPSA) is 166 Å². The van der Waals surface area contributed by atoms with Crippen molar-refractivity contribution in [2.45, 2.75) is 6.54 Å². The molecular weight excluding hydrogens is 644 g/mol. The summed E-state index contributed by atoms with van der Waals surface area (Å²) >= 11 is 0. The zero-order chi connectivity index (χ0) is 34.1. The summed E-state index contributed by atoms with van der Waals surface area (Å²) in [7, 11) is 1.65. The van der Waals surface area contributed by atoms with E-state index in [4.69, 9.17) is 19.6 Å². The number of morpholine rings is 1. The quantitative estimate of drug-likeness (QED) is 0.199. The molecule has 0 saturated carbocycles. The van der Waals surface area contributed by atoms with Crippen molar-refractivity contribution in [1.29, 1.82) is 0 Å². The summed E-state index contributed by atoms with van der Waals surface area (Å²) < 4.78 is 50.1. The highest BCUT2D eigenvalue weighted by Crippen LogP contribution is 2.29. The van der Waals surface area contributed by atoms with Crippen LogP contribution < -0.4 is 26.4 Å². The van der Waals surface area contributed by atoms with E-state index in [9.17, 15) is 18.4 Å². The lowest BCUT2D eigenvalue weighted by atomic mass is 10.2. The highest BCUT2D eigenvalue weighted by Gasteiger charge is 2.25. The van der Waals surface area contributed by atoms with Crippen LogP contribution in [-0.4, -0.2) is 123 Å². The number of nitrogens with zero attached hydrogens (tertiary/aromatic N) is 9. The van der Waals surface area contributed by atoms with E-state index in [2.05, 4.69) is 30.2 Å². The number of anilines is 2. The molecule has 4 aromatic heterocycles. The Morgan fingerprint density at radius 2 is 1.78 bits per heavy atom. The molecule has 0 radical (unpaired) electrons. The van der Waals surface area contributed by atoms with E-state index < -0.39 is 11.6 Å². The van der Waals surface area contributed by atoms with Crippen LogP contribution in [0.25, 0.3) is 28.4 Å². The molecule has 6 heterocycles. The number of nitrogens with one attached hydrogen (secondary N) is 1. The van der Waals surface area contributed by atoms with Crippen LogP contribution in [0.1, 0.15) is 0 Å². The molecule has 0 aliphatic carbocycles. The summed E-state index contributed by atoms with van der Waals surface area (Å²) in [4.78, 5) is 40.8. The molecule has 260 valence electrons. The van der Waals surface area contributed by atoms with Crippen molar-refractivity contribution in [3.8, 4) is 17.3 Å². The smallest absolute Gasteiger partial charge is 0.330 e. The van der Waals surface area contributed by atoms with Crippen molar-refractivity contribution < 1.29 is 27.5 Å². The van der Waals surface area contributed by atoms with Crippen LogP contribution in [0.2, 0.25) is 0 Å². The standard InChI is InChI=1S/C31H37F2N11O5/c1-39-26-28(37-30(34)44-29(26)36-27(38-44)23-3-2-14-48-23)43(31(39)46)11-8-41-6-9-42(10-7-41)22-18-24(21(33)17-20(22)32)49-19-25(45)35-4-5-40-12-15-47-16-13-40/h2-3,14,17-18H,4-13,15-16,19H2,1H3,(H2,34,37)(H,35,45). The van der Waals surface area contributed by atoms with Gasteiger partial charge in [-0.05, 0) is 12.1 Å². The normalized spacial score (nSPS) is 16.2. The van der Waals surface area contributed by atoms with Crippen molar-refractivity contribution in [2.75, 3.05) is 89.4 Å². The number of piperazine rings is 1. The molecule has 7 rings (SSSR count). The molecule has 5 aromatic rings. The number of rotatable bonds is 11. The molecule has 0 atom stereocenters. The van der Waals surface area contributed by atoms with Crippen LogP contribution in [-0.2, 0) is 23.1 Å². The molecule has 0 unspecified atom stereocenters. The Morgan fingerprint density at radius 3 is 2.53 bits per heavy atom. The summed E-state index contributed by atoms with van der Waals surface area (Å²) in [5.41, 5.74) is 7.41. The van der Waals surface area contributed by atoms with E-state index in [1.807, 2.05) is 4.90 Å². The minimum atomic E-state index is -0.878. The maximum Gasteiger partial charge on any atom is 0.330 e. The number of aromatic nitrogens is 6. The number of amides is 1. The molecule has 2 fully saturated rings. The minimum Gasteiger partial charge on any atom is -0.481 e. The second-order valence-electron chi connectivity index (χ2n) is 11.9. The average Bonchev–Trinajstić information content (AvgIpc) is 3.84. The molecule has 16 nitrogen and oxygen atoms in total. The Balaban J connectivity index is 0.963. The Bertz CT molecular complexity index is 2010. The first kappa shape index (κ1) is 32.5. The van der Waals surface area contributed by atoms with Gasteiger partial charge in [0.1, 0.15) is 11.3 Å². The number of hydrogen-bond donors (Lipinski definition) is 2. The van der Waals surface area contributed by atoms with Gasteiger partial charge in [0.05, 0.1) is 25.2 Å². The Labute approximate surface area is 278 Å². The Kier molecular flexibility index (Phi) is 9.15. The van der Waals surface area contributed by atoms with Gasteiger partial charge < -0.3 is 29.8 Å². The third-order valence-corrected chi connectivity index (χ3v) is 8.89. The van der Waals surface area contributed by atoms with Gasteiger partial charge in [-0.1, -0.05) is 0 Å². The number of hydrogen-bond acceptors (Lipinski definition) is 12. The fraction of sp³-hybridized carbons (Fsp3) is 0.452. The number of aryl methyl sites for hydroxylation is 1. The van der Waals surface area contributed by atoms with Gasteiger partial charge in [-0.25, -0.2) is 18.6 Å². The second-order valence-corrected chi connectivity index (χ2v) is 11.9. The van der Waals surface area contributed by atoms with Crippen molar-refractivity contribution >= 4 is 34.4 Å². The average molecular weight is 682 g/mol. The zero-order valence-corrected chi connectivity index (χ0v) is 27.0. The highest BCUT2D eigenvalue weighted by atomic mass is 19.1. The molecule has 2 saturated heterocycles. The minimum absolute atomic E-state index is 0.0786. The second kappa shape index (κ2) is 13.8. The fourth-order valence-electron chi connectivity index (χ4n) is 6.20. The molecular formula is C31H37F2N11O5. The SMILES string of the molecule is Cn1c(=O)n(CCN2CCN(c3cc(OCC(=O)NCCN4CCOCC4)c(F)cc3F)CC2)c2nc(N)n3nc(-c4ccco4)nc3c21. The maximum absolute atomic E-state index is 14.9. The van der Waals surface area contributed by atoms with Gasteiger partial charge in [-0.2, -0.15) is 9.50 Å². The summed E-state index contributed by atoms with van der Waals surface area (Å²) in [6.45, 7) is 6.57. The molecule has 1 amide bonds. The number of fused-ring (bicyclic) bond motifs is 3. The van der Waals surface area contributed by atoms with Gasteiger partial charge in [0, 0.05) is 84.6 Å². The van der Waals surface area contributed by atoms with Gasteiger partial charge in [0.2, 0.25) is 11.8 Å². The summed E-state index contributed by atoms with van der Waals surface area (Å²) in [5, 5.41) is 7.17. The van der Waals surface area contributed by atoms with E-state index >= 15 is 0 Å². The summed E-state index contributed by atoms with van der Waals surface area (Å²) in [6.07, 6.45) is 1.52. The highest BCUT2D eigenvalue weighted by molar-refractivity contribution is 5.88. The number of nitrogens with two attached hydrogens (primary N) is 1. The van der Waals surface area contributed by atoms with Crippen LogP contribution >= 0.6 is 0 Å². The number of ether oxygens (including phenoxy) is 2. The third kappa shape index (κ3) is 6.66. The predicted octanol–water partition coefficient (Wildman–Crippen LogP) is 0.548. The maximum atomic E-state index is 14.9. The van der Waals surface area contributed by atoms with E-state index in [-0.39, 0.29) is 35.6 Å². The summed E-state index contributed by atoms with van der Waals surface area (Å²) in [5.74, 6) is -1.31. The number of nitrogen functional groups attached to an aromatic ring is 1. The number of imidazole rings is 1. The number of furan rings is 1. The van der Waals surface area contributed by atoms with E-state index in [0.717, 1.165) is 19.2 Å². The van der Waals surface area contributed by atoms with Gasteiger partial charge >= 0.3 is 5.69 Å². The Hall–Kier alpha value is -5.07. The zero-order valence-electron chi connectivity index (χ0n) is 27.0. The first-order valence-electron chi connectivity index (χ1n) is 16.1. The van der Waals surface area contributed by atoms with Crippen LogP contribution in [0.3, 0.4) is 0 Å². The third-order valence-electron chi connectivity index (χ3n) is 8.89. The van der Waals surface area contributed by atoms with Crippen molar-refractivity contribution in [1.82, 2.24) is 43.8 Å². The van der Waals surface area contributed by atoms with Crippen molar-refractivity contribution in [2.24, 2.45) is 7.05 Å². The van der Waals surface area contributed by atoms with Crippen LogP contribution in [0, 0.1) is 11.6 Å². The van der Waals surface area contributed by atoms with E-state index in [0.29, 0.717) is 94.0 Å². The van der Waals surface area contributed by atoms with Crippen molar-refractivity contribution in [3.05, 3.63) is 52.6 Å². The molecule has 2 aliphatic heterocycles. The number of benzene rings is 1. The van der Waals surface area contributed by atoms with Gasteiger partial charge in [0.15, 0.2) is 35.2 Å². The molecule has 3 N–H and O–H groups in total. The molecule has 18 heteroatoms. The first-order chi connectivity index (χ1) is 23.8. The molecule has 0 bridgehead atoms.